The third kappa shape index (κ3) is 2.64. The highest BCUT2D eigenvalue weighted by atomic mass is 15.3. The molecule has 2 bridgehead atoms. The quantitative estimate of drug-likeness (QED) is 0.845. The lowest BCUT2D eigenvalue weighted by molar-refractivity contribution is 0.134. The van der Waals surface area contributed by atoms with Crippen molar-refractivity contribution < 1.29 is 0 Å². The number of piperidine rings is 1. The van der Waals surface area contributed by atoms with E-state index in [0.29, 0.717) is 11.6 Å². The molecule has 4 heterocycles. The summed E-state index contributed by atoms with van der Waals surface area (Å²) in [5, 5.41) is 9.04. The predicted molar refractivity (Wildman–Crippen MR) is 79.5 cm³/mol. The summed E-state index contributed by atoms with van der Waals surface area (Å²) in [6.45, 7) is 6.83. The summed E-state index contributed by atoms with van der Waals surface area (Å²) in [7, 11) is 0. The molecule has 0 aliphatic carbocycles. The van der Waals surface area contributed by atoms with Gasteiger partial charge in [0.25, 0.3) is 0 Å². The topological polar surface area (TPSA) is 43.2 Å². The van der Waals surface area contributed by atoms with Crippen LogP contribution in [0.1, 0.15) is 31.7 Å². The maximum atomic E-state index is 9.04. The van der Waals surface area contributed by atoms with E-state index in [1.54, 1.807) is 12.3 Å². The number of nitrogens with zero attached hydrogens (tertiary/aromatic N) is 4. The molecule has 4 rings (SSSR count). The third-order valence-corrected chi connectivity index (χ3v) is 4.54. The molecule has 4 nitrogen and oxygen atoms in total. The van der Waals surface area contributed by atoms with Gasteiger partial charge in [0.1, 0.15) is 5.82 Å². The Bertz CT molecular complexity index is 507. The van der Waals surface area contributed by atoms with E-state index < -0.39 is 0 Å². The highest BCUT2D eigenvalue weighted by Crippen LogP contribution is 2.30. The summed E-state index contributed by atoms with van der Waals surface area (Å²) in [6, 6.07) is 6.57. The Morgan fingerprint density at radius 1 is 1.35 bits per heavy atom. The van der Waals surface area contributed by atoms with Crippen molar-refractivity contribution >= 4 is 5.82 Å². The molecule has 0 N–H and O–H groups in total. The number of anilines is 1. The minimum atomic E-state index is 0.654. The largest absolute Gasteiger partial charge is 0.355 e. The van der Waals surface area contributed by atoms with E-state index >= 15 is 0 Å². The monoisotopic (exact) mass is 270 g/mol. The van der Waals surface area contributed by atoms with Crippen LogP contribution in [0.25, 0.3) is 0 Å². The molecular formula is C16H22N4. The number of pyridine rings is 1. The second kappa shape index (κ2) is 5.80. The van der Waals surface area contributed by atoms with Crippen molar-refractivity contribution in [1.82, 2.24) is 9.88 Å². The summed E-state index contributed by atoms with van der Waals surface area (Å²) < 4.78 is 0. The fourth-order valence-electron chi connectivity index (χ4n) is 3.59. The van der Waals surface area contributed by atoms with Gasteiger partial charge in [-0.25, -0.2) is 4.98 Å². The van der Waals surface area contributed by atoms with Gasteiger partial charge in [-0.15, -0.1) is 0 Å². The van der Waals surface area contributed by atoms with Crippen LogP contribution in [-0.4, -0.2) is 42.1 Å². The van der Waals surface area contributed by atoms with E-state index in [2.05, 4.69) is 27.8 Å². The van der Waals surface area contributed by atoms with Crippen LogP contribution in [-0.2, 0) is 0 Å². The van der Waals surface area contributed by atoms with E-state index in [1.807, 2.05) is 6.07 Å². The maximum absolute atomic E-state index is 9.04. The maximum Gasteiger partial charge on any atom is 0.129 e. The van der Waals surface area contributed by atoms with Crippen LogP contribution in [0.5, 0.6) is 0 Å². The van der Waals surface area contributed by atoms with E-state index in [9.17, 15) is 0 Å². The molecule has 3 aliphatic heterocycles. The zero-order valence-corrected chi connectivity index (χ0v) is 12.1. The average Bonchev–Trinajstić information content (AvgIpc) is 2.79. The van der Waals surface area contributed by atoms with Gasteiger partial charge < -0.3 is 4.90 Å². The Balaban J connectivity index is 1.80. The lowest BCUT2D eigenvalue weighted by Gasteiger charge is -2.35. The van der Waals surface area contributed by atoms with Gasteiger partial charge in [-0.3, -0.25) is 4.90 Å². The van der Waals surface area contributed by atoms with Crippen LogP contribution in [0.3, 0.4) is 0 Å². The molecule has 3 aliphatic rings. The number of aromatic nitrogens is 1. The van der Waals surface area contributed by atoms with Crippen LogP contribution in [0.2, 0.25) is 0 Å². The summed E-state index contributed by atoms with van der Waals surface area (Å²) in [6.07, 6.45) is 5.62. The highest BCUT2D eigenvalue weighted by molar-refractivity contribution is 5.45. The molecular weight excluding hydrogens is 248 g/mol. The van der Waals surface area contributed by atoms with Crippen molar-refractivity contribution in [2.75, 3.05) is 31.1 Å². The van der Waals surface area contributed by atoms with Crippen LogP contribution in [0.4, 0.5) is 5.82 Å². The van der Waals surface area contributed by atoms with Gasteiger partial charge in [-0.05, 0) is 43.9 Å². The van der Waals surface area contributed by atoms with Gasteiger partial charge in [0.05, 0.1) is 11.6 Å². The van der Waals surface area contributed by atoms with Gasteiger partial charge in [0.15, 0.2) is 0 Å². The SMILES string of the molecule is CCCN1C[C@H]2CC[C@@H]1CN(c1cc(C#N)ccn1)C2. The highest BCUT2D eigenvalue weighted by Gasteiger charge is 2.34. The van der Waals surface area contributed by atoms with Crippen LogP contribution >= 0.6 is 0 Å². The lowest BCUT2D eigenvalue weighted by atomic mass is 9.95. The minimum absolute atomic E-state index is 0.654. The van der Waals surface area contributed by atoms with Crippen molar-refractivity contribution in [3.8, 4) is 6.07 Å². The molecule has 1 aromatic rings. The Labute approximate surface area is 121 Å². The normalized spacial score (nSPS) is 26.3. The second-order valence-electron chi connectivity index (χ2n) is 6.01. The minimum Gasteiger partial charge on any atom is -0.355 e. The zero-order valence-electron chi connectivity index (χ0n) is 12.1. The summed E-state index contributed by atoms with van der Waals surface area (Å²) in [5.41, 5.74) is 0.706. The Morgan fingerprint density at radius 3 is 3.05 bits per heavy atom. The fourth-order valence-corrected chi connectivity index (χ4v) is 3.59. The number of hydrogen-bond acceptors (Lipinski definition) is 4. The molecule has 20 heavy (non-hydrogen) atoms. The molecule has 2 atom stereocenters. The third-order valence-electron chi connectivity index (χ3n) is 4.54. The summed E-state index contributed by atoms with van der Waals surface area (Å²) in [5.74, 6) is 1.71. The van der Waals surface area contributed by atoms with Gasteiger partial charge >= 0.3 is 0 Å². The molecule has 3 fully saturated rings. The van der Waals surface area contributed by atoms with E-state index in [0.717, 1.165) is 24.8 Å². The number of rotatable bonds is 3. The molecule has 4 heteroatoms. The van der Waals surface area contributed by atoms with Gasteiger partial charge in [0.2, 0.25) is 0 Å². The lowest BCUT2D eigenvalue weighted by Crippen LogP contribution is -2.44. The molecule has 0 saturated carbocycles. The van der Waals surface area contributed by atoms with E-state index in [1.165, 1.54) is 32.4 Å². The summed E-state index contributed by atoms with van der Waals surface area (Å²) in [4.78, 5) is 9.52. The first-order chi connectivity index (χ1) is 9.80. The van der Waals surface area contributed by atoms with Crippen molar-refractivity contribution in [3.05, 3.63) is 23.9 Å². The Kier molecular flexibility index (Phi) is 3.88. The number of fused-ring (bicyclic) bond motifs is 4. The smallest absolute Gasteiger partial charge is 0.129 e. The molecule has 106 valence electrons. The first-order valence-corrected chi connectivity index (χ1v) is 7.65. The Morgan fingerprint density at radius 2 is 2.25 bits per heavy atom. The summed E-state index contributed by atoms with van der Waals surface area (Å²) >= 11 is 0. The fraction of sp³-hybridized carbons (Fsp3) is 0.625. The van der Waals surface area contributed by atoms with Crippen molar-refractivity contribution in [3.63, 3.8) is 0 Å². The standard InChI is InChI=1S/C16H22N4/c1-2-7-19-10-14-3-4-15(19)12-20(11-14)16-8-13(9-17)5-6-18-16/h5-6,8,14-15H,2-4,7,10-12H2,1H3/t14-,15-/m1/s1. The van der Waals surface area contributed by atoms with Crippen LogP contribution in [0.15, 0.2) is 18.3 Å². The Hall–Kier alpha value is -1.60. The van der Waals surface area contributed by atoms with Crippen LogP contribution in [0, 0.1) is 17.2 Å². The molecule has 1 aromatic heterocycles. The molecule has 0 radical (unpaired) electrons. The number of nitriles is 1. The number of hydrogen-bond donors (Lipinski definition) is 0. The molecule has 0 unspecified atom stereocenters. The van der Waals surface area contributed by atoms with E-state index in [-0.39, 0.29) is 0 Å². The zero-order chi connectivity index (χ0) is 13.9. The first-order valence-electron chi connectivity index (χ1n) is 7.65. The second-order valence-corrected chi connectivity index (χ2v) is 6.01. The predicted octanol–water partition coefficient (Wildman–Crippen LogP) is 2.26. The molecule has 0 aromatic carbocycles. The average molecular weight is 270 g/mol. The van der Waals surface area contributed by atoms with E-state index in [4.69, 9.17) is 5.26 Å². The van der Waals surface area contributed by atoms with Crippen molar-refractivity contribution in [1.29, 1.82) is 5.26 Å². The molecule has 0 amide bonds. The van der Waals surface area contributed by atoms with Gasteiger partial charge in [0, 0.05) is 31.9 Å². The van der Waals surface area contributed by atoms with Gasteiger partial charge in [-0.2, -0.15) is 5.26 Å². The molecule has 0 spiro atoms. The van der Waals surface area contributed by atoms with Crippen molar-refractivity contribution in [2.24, 2.45) is 5.92 Å². The molecule has 3 saturated heterocycles. The first kappa shape index (κ1) is 13.4. The van der Waals surface area contributed by atoms with Crippen LogP contribution < -0.4 is 4.90 Å². The van der Waals surface area contributed by atoms with Crippen molar-refractivity contribution in [2.45, 2.75) is 32.2 Å². The van der Waals surface area contributed by atoms with Gasteiger partial charge in [-0.1, -0.05) is 6.92 Å².